The van der Waals surface area contributed by atoms with Gasteiger partial charge in [-0.2, -0.15) is 13.2 Å². The van der Waals surface area contributed by atoms with Gasteiger partial charge in [-0.05, 0) is 42.9 Å². The topological polar surface area (TPSA) is 64.7 Å². The van der Waals surface area contributed by atoms with Gasteiger partial charge in [0.25, 0.3) is 5.91 Å². The minimum Gasteiger partial charge on any atom is -0.393 e. The fourth-order valence-electron chi connectivity index (χ4n) is 3.55. The monoisotopic (exact) mass is 538 g/mol. The fraction of sp³-hybridized carbons (Fsp3) is 0.429. The van der Waals surface area contributed by atoms with Crippen LogP contribution in [0.15, 0.2) is 34.0 Å². The number of rotatable bonds is 6. The number of piperazine rings is 1. The van der Waals surface area contributed by atoms with Crippen molar-refractivity contribution in [3.8, 4) is 0 Å². The fourth-order valence-corrected chi connectivity index (χ4v) is 3.86. The van der Waals surface area contributed by atoms with Crippen molar-refractivity contribution in [3.05, 3.63) is 45.6 Å². The molecule has 1 aromatic rings. The van der Waals surface area contributed by atoms with E-state index in [0.717, 1.165) is 12.3 Å². The van der Waals surface area contributed by atoms with E-state index in [4.69, 9.17) is 0 Å². The molecule has 1 heterocycles. The summed E-state index contributed by atoms with van der Waals surface area (Å²) in [5.74, 6) is -3.43. The highest BCUT2D eigenvalue weighted by Crippen LogP contribution is 2.38. The normalized spacial score (nSPS) is 20.6. The second-order valence-corrected chi connectivity index (χ2v) is 8.46. The lowest BCUT2D eigenvalue weighted by Crippen LogP contribution is -2.55. The highest BCUT2D eigenvalue weighted by molar-refractivity contribution is 9.10. The molecule has 0 aliphatic carbocycles. The number of likely N-dealkylation sites (N-methyl/N-ethyl adjacent to an activating group) is 1. The first kappa shape index (κ1) is 26.8. The Balaban J connectivity index is 2.56. The largest absolute Gasteiger partial charge is 0.417 e. The van der Waals surface area contributed by atoms with Gasteiger partial charge < -0.3 is 15.5 Å². The highest BCUT2D eigenvalue weighted by Gasteiger charge is 2.39. The van der Waals surface area contributed by atoms with Crippen LogP contribution in [0, 0.1) is 11.6 Å². The number of halogens is 6. The third-order valence-corrected chi connectivity index (χ3v) is 6.17. The van der Waals surface area contributed by atoms with Crippen molar-refractivity contribution in [2.45, 2.75) is 32.1 Å². The van der Waals surface area contributed by atoms with Gasteiger partial charge in [-0.1, -0.05) is 0 Å². The Morgan fingerprint density at radius 2 is 1.79 bits per heavy atom. The number of allylic oxidation sites excluding steroid dienone is 1. The van der Waals surface area contributed by atoms with Gasteiger partial charge in [0, 0.05) is 44.5 Å². The molecular weight excluding hydrogens is 515 g/mol. The van der Waals surface area contributed by atoms with E-state index < -0.39 is 45.0 Å². The molecule has 1 aliphatic heterocycles. The van der Waals surface area contributed by atoms with Crippen molar-refractivity contribution >= 4 is 39.5 Å². The Hall–Kier alpha value is -2.47. The van der Waals surface area contributed by atoms with Crippen LogP contribution in [0.25, 0.3) is 0 Å². The zero-order chi connectivity index (χ0) is 25.1. The molecule has 1 aromatic carbocycles. The quantitative estimate of drug-likeness (QED) is 0.188. The lowest BCUT2D eigenvalue weighted by atomic mass is 10.0. The molecular formula is C21H24BrF5N4O2. The number of anilines is 2. The van der Waals surface area contributed by atoms with Crippen LogP contribution in [0.3, 0.4) is 0 Å². The third-order valence-electron chi connectivity index (χ3n) is 5.44. The third kappa shape index (κ3) is 5.91. The molecule has 182 valence electrons. The minimum atomic E-state index is -5.03. The first-order chi connectivity index (χ1) is 15.3. The summed E-state index contributed by atoms with van der Waals surface area (Å²) in [5.41, 5.74) is -2.95. The standard InChI is InChI=1S/C21H24BrF5N4O2/c1-11-9-31(10-12(2)30(11)4)16-7-15(23)17(22)18(24)19(16)29-20(33)13(8-28-3)14(5-6-32)21(25,26)27/h5-8,11-12,28H,9-10H2,1-4H3,(H,29,33)/b13-8+,14-5+. The Morgan fingerprint density at radius 3 is 2.27 bits per heavy atom. The van der Waals surface area contributed by atoms with Crippen LogP contribution in [0.4, 0.5) is 33.3 Å². The smallest absolute Gasteiger partial charge is 0.393 e. The van der Waals surface area contributed by atoms with Crippen LogP contribution in [0.1, 0.15) is 13.8 Å². The first-order valence-electron chi connectivity index (χ1n) is 9.89. The van der Waals surface area contributed by atoms with Crippen molar-refractivity contribution in [1.29, 1.82) is 0 Å². The van der Waals surface area contributed by atoms with Crippen LogP contribution < -0.4 is 15.5 Å². The van der Waals surface area contributed by atoms with Crippen LogP contribution in [0.5, 0.6) is 0 Å². The number of carbonyl (C=O) groups excluding carboxylic acids is 2. The summed E-state index contributed by atoms with van der Waals surface area (Å²) in [6.07, 6.45) is -4.19. The summed E-state index contributed by atoms with van der Waals surface area (Å²) >= 11 is 2.77. The van der Waals surface area contributed by atoms with Crippen LogP contribution in [-0.2, 0) is 9.59 Å². The Labute approximate surface area is 196 Å². The molecule has 2 atom stereocenters. The van der Waals surface area contributed by atoms with E-state index in [1.54, 1.807) is 4.90 Å². The molecule has 6 nitrogen and oxygen atoms in total. The number of alkyl halides is 3. The van der Waals surface area contributed by atoms with Crippen molar-refractivity contribution in [3.63, 3.8) is 0 Å². The van der Waals surface area contributed by atoms with Gasteiger partial charge in [0.1, 0.15) is 17.8 Å². The number of nitrogens with zero attached hydrogens (tertiary/aromatic N) is 2. The number of hydrogen-bond acceptors (Lipinski definition) is 5. The molecule has 2 rings (SSSR count). The molecule has 0 radical (unpaired) electrons. The molecule has 12 heteroatoms. The molecule has 1 aliphatic rings. The molecule has 2 unspecified atom stereocenters. The van der Waals surface area contributed by atoms with E-state index in [1.165, 1.54) is 7.05 Å². The van der Waals surface area contributed by atoms with Gasteiger partial charge in [0.2, 0.25) is 0 Å². The SMILES string of the molecule is CN/C=C(C(=O)Nc1c(N2CC(C)N(C)C(C)C2)cc(F)c(Br)c1F)\C(=C/C=O)C(F)(F)F. The summed E-state index contributed by atoms with van der Waals surface area (Å²) in [4.78, 5) is 27.4. The van der Waals surface area contributed by atoms with Crippen LogP contribution in [0.2, 0.25) is 0 Å². The number of carbonyl (C=O) groups is 2. The van der Waals surface area contributed by atoms with Crippen molar-refractivity contribution in [1.82, 2.24) is 10.2 Å². The van der Waals surface area contributed by atoms with Gasteiger partial charge in [-0.25, -0.2) is 8.78 Å². The second kappa shape index (κ2) is 10.6. The summed E-state index contributed by atoms with van der Waals surface area (Å²) < 4.78 is 69.2. The van der Waals surface area contributed by atoms with E-state index >= 15 is 4.39 Å². The van der Waals surface area contributed by atoms with E-state index in [1.807, 2.05) is 20.9 Å². The van der Waals surface area contributed by atoms with E-state index in [-0.39, 0.29) is 30.1 Å². The average Bonchev–Trinajstić information content (AvgIpc) is 2.73. The molecule has 33 heavy (non-hydrogen) atoms. The highest BCUT2D eigenvalue weighted by atomic mass is 79.9. The lowest BCUT2D eigenvalue weighted by molar-refractivity contribution is -0.115. The molecule has 0 saturated carbocycles. The Morgan fingerprint density at radius 1 is 1.21 bits per heavy atom. The van der Waals surface area contributed by atoms with Gasteiger partial charge in [0.15, 0.2) is 5.82 Å². The Kier molecular flexibility index (Phi) is 8.63. The van der Waals surface area contributed by atoms with Crippen LogP contribution in [-0.4, -0.2) is 62.5 Å². The molecule has 0 bridgehead atoms. The van der Waals surface area contributed by atoms with Gasteiger partial charge in [-0.15, -0.1) is 0 Å². The second-order valence-electron chi connectivity index (χ2n) is 7.66. The first-order valence-corrected chi connectivity index (χ1v) is 10.7. The number of nitrogens with one attached hydrogen (secondary N) is 2. The van der Waals surface area contributed by atoms with E-state index in [9.17, 15) is 27.2 Å². The van der Waals surface area contributed by atoms with Crippen molar-refractivity contribution in [2.24, 2.45) is 0 Å². The predicted molar refractivity (Wildman–Crippen MR) is 119 cm³/mol. The Bertz CT molecular complexity index is 968. The van der Waals surface area contributed by atoms with Crippen molar-refractivity contribution < 1.29 is 31.5 Å². The molecule has 0 spiro atoms. The zero-order valence-electron chi connectivity index (χ0n) is 18.4. The lowest BCUT2D eigenvalue weighted by Gasteiger charge is -2.44. The minimum absolute atomic E-state index is 0.000763. The van der Waals surface area contributed by atoms with E-state index in [0.29, 0.717) is 13.1 Å². The average molecular weight is 539 g/mol. The summed E-state index contributed by atoms with van der Waals surface area (Å²) in [5, 5.41) is 4.47. The molecule has 1 fully saturated rings. The zero-order valence-corrected chi connectivity index (χ0v) is 19.9. The maximum absolute atomic E-state index is 15.1. The number of hydrogen-bond donors (Lipinski definition) is 2. The van der Waals surface area contributed by atoms with Gasteiger partial charge >= 0.3 is 6.18 Å². The van der Waals surface area contributed by atoms with Crippen molar-refractivity contribution in [2.75, 3.05) is 37.4 Å². The number of amides is 1. The molecule has 0 aromatic heterocycles. The van der Waals surface area contributed by atoms with E-state index in [2.05, 4.69) is 31.5 Å². The van der Waals surface area contributed by atoms with Gasteiger partial charge in [-0.3, -0.25) is 14.5 Å². The maximum atomic E-state index is 15.1. The summed E-state index contributed by atoms with van der Waals surface area (Å²) in [6.45, 7) is 4.56. The van der Waals surface area contributed by atoms with Gasteiger partial charge in [0.05, 0.1) is 21.3 Å². The summed E-state index contributed by atoms with van der Waals surface area (Å²) in [7, 11) is 3.17. The maximum Gasteiger partial charge on any atom is 0.417 e. The molecule has 2 N–H and O–H groups in total. The number of aldehydes is 1. The summed E-state index contributed by atoms with van der Waals surface area (Å²) in [6, 6.07) is 1.01. The number of benzene rings is 1. The van der Waals surface area contributed by atoms with Crippen LogP contribution >= 0.6 is 15.9 Å². The molecule has 1 saturated heterocycles. The molecule has 1 amide bonds. The predicted octanol–water partition coefficient (Wildman–Crippen LogP) is 3.99.